The Morgan fingerprint density at radius 1 is 1.42 bits per heavy atom. The maximum absolute atomic E-state index is 12.1. The molecule has 0 saturated carbocycles. The Balaban J connectivity index is 1.95. The number of nitrogens with zero attached hydrogens (tertiary/aromatic N) is 2. The first-order chi connectivity index (χ1) is 12.4. The number of benzene rings is 1. The molecule has 2 unspecified atom stereocenters. The van der Waals surface area contributed by atoms with Gasteiger partial charge in [-0.15, -0.1) is 0 Å². The molecule has 8 nitrogen and oxygen atoms in total. The van der Waals surface area contributed by atoms with E-state index in [0.717, 1.165) is 11.1 Å². The molecule has 2 aromatic rings. The highest BCUT2D eigenvalue weighted by Gasteiger charge is 2.43. The van der Waals surface area contributed by atoms with Crippen molar-refractivity contribution in [1.82, 2.24) is 9.97 Å². The van der Waals surface area contributed by atoms with Gasteiger partial charge in [0.25, 0.3) is 0 Å². The molecule has 2 atom stereocenters. The third-order valence-electron chi connectivity index (χ3n) is 4.41. The topological polar surface area (TPSA) is 117 Å². The maximum Gasteiger partial charge on any atom is 0.492 e. The van der Waals surface area contributed by atoms with E-state index in [0.29, 0.717) is 29.3 Å². The second kappa shape index (κ2) is 7.31. The quantitative estimate of drug-likeness (QED) is 0.604. The van der Waals surface area contributed by atoms with Crippen molar-refractivity contribution in [3.8, 4) is 11.6 Å². The van der Waals surface area contributed by atoms with Gasteiger partial charge in [-0.25, -0.2) is 9.97 Å². The Morgan fingerprint density at radius 2 is 2.19 bits per heavy atom. The van der Waals surface area contributed by atoms with Crippen LogP contribution >= 0.6 is 0 Å². The molecule has 0 fully saturated rings. The van der Waals surface area contributed by atoms with E-state index in [2.05, 4.69) is 9.97 Å². The number of ether oxygens (including phenoxy) is 2. The smallest absolute Gasteiger partial charge is 0.469 e. The standard InChI is InChI=1S/C17H20BN3O5/c1-4-11(17(22)24-3)16-15-9(2)5-10(6-12(15)18(23)26-16)25-14-7-13(19)20-8-21-14/h5-8,11,16,23H,4H2,1-3H3,(H2,19,20,21). The Labute approximate surface area is 151 Å². The summed E-state index contributed by atoms with van der Waals surface area (Å²) >= 11 is 0. The number of nitrogens with two attached hydrogens (primary N) is 1. The first kappa shape index (κ1) is 18.2. The summed E-state index contributed by atoms with van der Waals surface area (Å²) in [5.74, 6) is 0.202. The minimum absolute atomic E-state index is 0.292. The molecular formula is C17H20BN3O5. The fraction of sp³-hybridized carbons (Fsp3) is 0.353. The van der Waals surface area contributed by atoms with Crippen LogP contribution in [-0.4, -0.2) is 35.2 Å². The van der Waals surface area contributed by atoms with Crippen molar-refractivity contribution >= 4 is 24.4 Å². The highest BCUT2D eigenvalue weighted by molar-refractivity contribution is 6.62. The largest absolute Gasteiger partial charge is 0.492 e. The van der Waals surface area contributed by atoms with Gasteiger partial charge in [0, 0.05) is 6.07 Å². The highest BCUT2D eigenvalue weighted by atomic mass is 16.5. The number of methoxy groups -OCH3 is 1. The third-order valence-corrected chi connectivity index (χ3v) is 4.41. The van der Waals surface area contributed by atoms with E-state index in [1.165, 1.54) is 19.5 Å². The molecule has 1 aliphatic heterocycles. The number of hydrogen-bond acceptors (Lipinski definition) is 8. The van der Waals surface area contributed by atoms with E-state index in [9.17, 15) is 9.82 Å². The number of esters is 1. The summed E-state index contributed by atoms with van der Waals surface area (Å²) in [6.45, 7) is 3.75. The van der Waals surface area contributed by atoms with Crippen LogP contribution in [0.1, 0.15) is 30.6 Å². The van der Waals surface area contributed by atoms with Crippen molar-refractivity contribution in [3.63, 3.8) is 0 Å². The van der Waals surface area contributed by atoms with Gasteiger partial charge in [-0.3, -0.25) is 4.79 Å². The Kier molecular flexibility index (Phi) is 5.10. The van der Waals surface area contributed by atoms with E-state index < -0.39 is 19.1 Å². The molecule has 2 heterocycles. The molecule has 0 bridgehead atoms. The first-order valence-corrected chi connectivity index (χ1v) is 8.25. The van der Waals surface area contributed by atoms with E-state index in [1.54, 1.807) is 12.1 Å². The zero-order valence-corrected chi connectivity index (χ0v) is 14.8. The molecular weight excluding hydrogens is 337 g/mol. The van der Waals surface area contributed by atoms with Crippen molar-refractivity contribution in [2.75, 3.05) is 12.8 Å². The van der Waals surface area contributed by atoms with Gasteiger partial charge in [-0.2, -0.15) is 0 Å². The maximum atomic E-state index is 12.1. The molecule has 1 aliphatic rings. The summed E-state index contributed by atoms with van der Waals surface area (Å²) in [4.78, 5) is 19.9. The van der Waals surface area contributed by atoms with Crippen molar-refractivity contribution in [3.05, 3.63) is 35.7 Å². The fourth-order valence-electron chi connectivity index (χ4n) is 3.21. The average molecular weight is 357 g/mol. The Morgan fingerprint density at radius 3 is 2.85 bits per heavy atom. The van der Waals surface area contributed by atoms with Crippen LogP contribution in [0.5, 0.6) is 11.6 Å². The number of nitrogen functional groups attached to an aromatic ring is 1. The summed E-state index contributed by atoms with van der Waals surface area (Å²) in [5, 5.41) is 10.3. The van der Waals surface area contributed by atoms with Crippen molar-refractivity contribution in [1.29, 1.82) is 0 Å². The number of aromatic nitrogens is 2. The van der Waals surface area contributed by atoms with Crippen LogP contribution in [0.4, 0.5) is 5.82 Å². The molecule has 1 aromatic heterocycles. The van der Waals surface area contributed by atoms with Crippen molar-refractivity contribution < 1.29 is 23.9 Å². The van der Waals surface area contributed by atoms with Crippen molar-refractivity contribution in [2.24, 2.45) is 5.92 Å². The average Bonchev–Trinajstić information content (AvgIpc) is 2.92. The molecule has 136 valence electrons. The van der Waals surface area contributed by atoms with Crippen LogP contribution in [0.2, 0.25) is 0 Å². The number of rotatable bonds is 5. The second-order valence-corrected chi connectivity index (χ2v) is 6.07. The number of aryl methyl sites for hydroxylation is 1. The van der Waals surface area contributed by atoms with Gasteiger partial charge in [0.15, 0.2) is 0 Å². The van der Waals surface area contributed by atoms with E-state index >= 15 is 0 Å². The molecule has 0 radical (unpaired) electrons. The number of carbonyl (C=O) groups excluding carboxylic acids is 1. The molecule has 3 rings (SSSR count). The van der Waals surface area contributed by atoms with Gasteiger partial charge in [0.1, 0.15) is 17.9 Å². The summed E-state index contributed by atoms with van der Waals surface area (Å²) in [6, 6.07) is 4.98. The van der Waals surface area contributed by atoms with Crippen LogP contribution in [0, 0.1) is 12.8 Å². The third kappa shape index (κ3) is 3.35. The molecule has 3 N–H and O–H groups in total. The molecule has 9 heteroatoms. The van der Waals surface area contributed by atoms with E-state index in [-0.39, 0.29) is 5.97 Å². The summed E-state index contributed by atoms with van der Waals surface area (Å²) in [6.07, 6.45) is 1.27. The van der Waals surface area contributed by atoms with Crippen LogP contribution in [0.25, 0.3) is 0 Å². The van der Waals surface area contributed by atoms with Crippen LogP contribution in [-0.2, 0) is 14.2 Å². The monoisotopic (exact) mass is 357 g/mol. The van der Waals surface area contributed by atoms with Gasteiger partial charge < -0.3 is 24.9 Å². The lowest BCUT2D eigenvalue weighted by Crippen LogP contribution is -2.28. The molecule has 0 spiro atoms. The first-order valence-electron chi connectivity index (χ1n) is 8.25. The van der Waals surface area contributed by atoms with Gasteiger partial charge >= 0.3 is 13.1 Å². The van der Waals surface area contributed by atoms with Crippen LogP contribution in [0.15, 0.2) is 24.5 Å². The Bertz CT molecular complexity index is 832. The number of carbonyl (C=O) groups is 1. The number of hydrogen-bond donors (Lipinski definition) is 2. The van der Waals surface area contributed by atoms with E-state index in [1.807, 2.05) is 13.8 Å². The van der Waals surface area contributed by atoms with Gasteiger partial charge in [0.2, 0.25) is 5.88 Å². The van der Waals surface area contributed by atoms with Gasteiger partial charge in [-0.05, 0) is 42.1 Å². The normalized spacial score (nSPS) is 16.9. The lowest BCUT2D eigenvalue weighted by Gasteiger charge is -2.22. The summed E-state index contributed by atoms with van der Waals surface area (Å²) < 4.78 is 16.2. The molecule has 0 saturated heterocycles. The predicted octanol–water partition coefficient (Wildman–Crippen LogP) is 1.12. The zero-order chi connectivity index (χ0) is 18.8. The minimum atomic E-state index is -1.15. The van der Waals surface area contributed by atoms with Crippen LogP contribution < -0.4 is 15.9 Å². The summed E-state index contributed by atoms with van der Waals surface area (Å²) in [5.41, 5.74) is 7.81. The van der Waals surface area contributed by atoms with Gasteiger partial charge in [0.05, 0.1) is 19.1 Å². The fourth-order valence-corrected chi connectivity index (χ4v) is 3.21. The molecule has 26 heavy (non-hydrogen) atoms. The summed E-state index contributed by atoms with van der Waals surface area (Å²) in [7, 11) is 0.195. The lowest BCUT2D eigenvalue weighted by atomic mass is 9.77. The Hall–Kier alpha value is -2.65. The number of fused-ring (bicyclic) bond motifs is 1. The van der Waals surface area contributed by atoms with E-state index in [4.69, 9.17) is 19.9 Å². The minimum Gasteiger partial charge on any atom is -0.469 e. The SMILES string of the molecule is CCC(C(=O)OC)C1OB(O)c2cc(Oc3cc(N)ncn3)cc(C)c21. The molecule has 0 aliphatic carbocycles. The number of anilines is 1. The lowest BCUT2D eigenvalue weighted by molar-refractivity contribution is -0.149. The molecule has 1 aromatic carbocycles. The zero-order valence-electron chi connectivity index (χ0n) is 14.8. The van der Waals surface area contributed by atoms with Gasteiger partial charge in [-0.1, -0.05) is 6.92 Å². The molecule has 0 amide bonds. The van der Waals surface area contributed by atoms with Crippen molar-refractivity contribution in [2.45, 2.75) is 26.4 Å². The second-order valence-electron chi connectivity index (χ2n) is 6.07. The predicted molar refractivity (Wildman–Crippen MR) is 94.9 cm³/mol. The highest BCUT2D eigenvalue weighted by Crippen LogP contribution is 2.37. The van der Waals surface area contributed by atoms with Crippen LogP contribution in [0.3, 0.4) is 0 Å².